The molecule has 1 amide bonds. The van der Waals surface area contributed by atoms with Gasteiger partial charge in [0.2, 0.25) is 15.9 Å². The van der Waals surface area contributed by atoms with Crippen molar-refractivity contribution in [2.45, 2.75) is 24.2 Å². The van der Waals surface area contributed by atoms with E-state index in [1.807, 2.05) is 11.0 Å². The van der Waals surface area contributed by atoms with Crippen molar-refractivity contribution in [1.29, 1.82) is 0 Å². The third-order valence-electron chi connectivity index (χ3n) is 5.17. The lowest BCUT2D eigenvalue weighted by atomic mass is 9.90. The molecule has 6 heteroatoms. The molecule has 1 aliphatic heterocycles. The summed E-state index contributed by atoms with van der Waals surface area (Å²) in [6.07, 6.45) is 6.41. The van der Waals surface area contributed by atoms with Crippen molar-refractivity contribution >= 4 is 22.0 Å². The van der Waals surface area contributed by atoms with Crippen LogP contribution in [-0.4, -0.2) is 39.4 Å². The van der Waals surface area contributed by atoms with Gasteiger partial charge in [0.15, 0.2) is 0 Å². The summed E-state index contributed by atoms with van der Waals surface area (Å²) in [4.78, 5) is 14.5. The minimum atomic E-state index is -3.44. The molecule has 0 spiro atoms. The number of piperidine rings is 1. The highest BCUT2D eigenvalue weighted by Crippen LogP contribution is 2.22. The van der Waals surface area contributed by atoms with Crippen LogP contribution in [0.2, 0.25) is 0 Å². The predicted octanol–water partition coefficient (Wildman–Crippen LogP) is 3.09. The molecule has 0 bridgehead atoms. The van der Waals surface area contributed by atoms with Gasteiger partial charge in [0.05, 0.1) is 4.90 Å². The number of nitrogens with zero attached hydrogens (tertiary/aromatic N) is 1. The minimum absolute atomic E-state index is 0.00471. The molecule has 2 aromatic carbocycles. The Hall–Kier alpha value is -2.44. The van der Waals surface area contributed by atoms with E-state index >= 15 is 0 Å². The molecule has 3 rings (SSSR count). The molecule has 0 radical (unpaired) electrons. The number of carbonyl (C=O) groups is 1. The smallest absolute Gasteiger partial charge is 0.246 e. The Bertz CT molecular complexity index is 914. The van der Waals surface area contributed by atoms with Gasteiger partial charge in [-0.1, -0.05) is 42.5 Å². The first-order valence-electron chi connectivity index (χ1n) is 9.52. The largest absolute Gasteiger partial charge is 0.339 e. The summed E-state index contributed by atoms with van der Waals surface area (Å²) in [5.74, 6) is 0.627. The van der Waals surface area contributed by atoms with Crippen LogP contribution in [0, 0.1) is 5.92 Å². The molecular formula is C22H26N2O3S. The van der Waals surface area contributed by atoms with E-state index in [4.69, 9.17) is 0 Å². The molecule has 28 heavy (non-hydrogen) atoms. The molecular weight excluding hydrogens is 372 g/mol. The van der Waals surface area contributed by atoms with Gasteiger partial charge in [0, 0.05) is 19.2 Å². The Morgan fingerprint density at radius 3 is 2.32 bits per heavy atom. The van der Waals surface area contributed by atoms with Crippen LogP contribution in [0.3, 0.4) is 0 Å². The summed E-state index contributed by atoms with van der Waals surface area (Å²) >= 11 is 0. The van der Waals surface area contributed by atoms with Crippen LogP contribution in [-0.2, 0) is 21.2 Å². The quantitative estimate of drug-likeness (QED) is 0.761. The standard InChI is InChI=1S/C22H26N2O3S/c1-23-28(26,27)21-10-7-18(8-11-21)9-12-22(25)24-15-13-20(14-16-24)17-19-5-3-2-4-6-19/h2-12,20,23H,13-17H2,1H3/b12-9+. The Labute approximate surface area is 167 Å². The molecule has 148 valence electrons. The summed E-state index contributed by atoms with van der Waals surface area (Å²) in [6.45, 7) is 1.56. The van der Waals surface area contributed by atoms with Crippen LogP contribution in [0.1, 0.15) is 24.0 Å². The fourth-order valence-corrected chi connectivity index (χ4v) is 4.18. The number of rotatable bonds is 6. The van der Waals surface area contributed by atoms with E-state index in [0.29, 0.717) is 5.92 Å². The first-order chi connectivity index (χ1) is 13.5. The maximum atomic E-state index is 12.4. The number of benzene rings is 2. The van der Waals surface area contributed by atoms with Crippen LogP contribution >= 0.6 is 0 Å². The predicted molar refractivity (Wildman–Crippen MR) is 111 cm³/mol. The number of sulfonamides is 1. The second-order valence-electron chi connectivity index (χ2n) is 7.07. The van der Waals surface area contributed by atoms with Gasteiger partial charge in [-0.05, 0) is 61.6 Å². The van der Waals surface area contributed by atoms with E-state index in [1.54, 1.807) is 24.3 Å². The average molecular weight is 399 g/mol. The summed E-state index contributed by atoms with van der Waals surface area (Å²) in [5, 5.41) is 0. The van der Waals surface area contributed by atoms with Gasteiger partial charge in [-0.2, -0.15) is 0 Å². The van der Waals surface area contributed by atoms with Gasteiger partial charge in [0.1, 0.15) is 0 Å². The summed E-state index contributed by atoms with van der Waals surface area (Å²) in [7, 11) is -2.06. The molecule has 1 N–H and O–H groups in total. The molecule has 0 saturated carbocycles. The van der Waals surface area contributed by atoms with Crippen LogP contribution in [0.25, 0.3) is 6.08 Å². The second kappa shape index (κ2) is 9.17. The number of likely N-dealkylation sites (tertiary alicyclic amines) is 1. The maximum Gasteiger partial charge on any atom is 0.246 e. The third-order valence-corrected chi connectivity index (χ3v) is 6.60. The van der Waals surface area contributed by atoms with Crippen molar-refractivity contribution in [3.63, 3.8) is 0 Å². The van der Waals surface area contributed by atoms with E-state index in [9.17, 15) is 13.2 Å². The Morgan fingerprint density at radius 1 is 1.07 bits per heavy atom. The zero-order chi connectivity index (χ0) is 20.0. The Balaban J connectivity index is 1.51. The molecule has 1 heterocycles. The van der Waals surface area contributed by atoms with Crippen LogP contribution in [0.15, 0.2) is 65.6 Å². The summed E-state index contributed by atoms with van der Waals surface area (Å²) in [5.41, 5.74) is 2.15. The van der Waals surface area contributed by atoms with Gasteiger partial charge in [-0.25, -0.2) is 13.1 Å². The second-order valence-corrected chi connectivity index (χ2v) is 8.95. The van der Waals surface area contributed by atoms with Crippen LogP contribution < -0.4 is 4.72 Å². The van der Waals surface area contributed by atoms with Gasteiger partial charge < -0.3 is 4.90 Å². The number of carbonyl (C=O) groups excluding carboxylic acids is 1. The van der Waals surface area contributed by atoms with Gasteiger partial charge >= 0.3 is 0 Å². The van der Waals surface area contributed by atoms with Crippen LogP contribution in [0.4, 0.5) is 0 Å². The highest BCUT2D eigenvalue weighted by Gasteiger charge is 2.21. The molecule has 0 aliphatic carbocycles. The highest BCUT2D eigenvalue weighted by molar-refractivity contribution is 7.89. The van der Waals surface area contributed by atoms with E-state index in [0.717, 1.165) is 37.9 Å². The zero-order valence-electron chi connectivity index (χ0n) is 16.0. The van der Waals surface area contributed by atoms with Crippen molar-refractivity contribution in [2.24, 2.45) is 5.92 Å². The molecule has 5 nitrogen and oxygen atoms in total. The molecule has 0 unspecified atom stereocenters. The van der Waals surface area contributed by atoms with Crippen molar-refractivity contribution in [3.8, 4) is 0 Å². The SMILES string of the molecule is CNS(=O)(=O)c1ccc(/C=C/C(=O)N2CCC(Cc3ccccc3)CC2)cc1. The number of amides is 1. The Morgan fingerprint density at radius 2 is 1.71 bits per heavy atom. The number of nitrogens with one attached hydrogen (secondary N) is 1. The van der Waals surface area contributed by atoms with E-state index in [-0.39, 0.29) is 10.8 Å². The van der Waals surface area contributed by atoms with E-state index in [2.05, 4.69) is 29.0 Å². The lowest BCUT2D eigenvalue weighted by Gasteiger charge is -2.31. The van der Waals surface area contributed by atoms with Crippen molar-refractivity contribution in [3.05, 3.63) is 71.8 Å². The zero-order valence-corrected chi connectivity index (χ0v) is 16.9. The lowest BCUT2D eigenvalue weighted by Crippen LogP contribution is -2.37. The Kier molecular flexibility index (Phi) is 6.65. The first kappa shape index (κ1) is 20.3. The fraction of sp³-hybridized carbons (Fsp3) is 0.318. The summed E-state index contributed by atoms with van der Waals surface area (Å²) in [6, 6.07) is 16.9. The average Bonchev–Trinajstić information content (AvgIpc) is 2.73. The molecule has 2 aromatic rings. The minimum Gasteiger partial charge on any atom is -0.339 e. The van der Waals surface area contributed by atoms with Gasteiger partial charge in [-0.3, -0.25) is 4.79 Å². The fourth-order valence-electron chi connectivity index (χ4n) is 3.45. The topological polar surface area (TPSA) is 66.5 Å². The highest BCUT2D eigenvalue weighted by atomic mass is 32.2. The first-order valence-corrected chi connectivity index (χ1v) is 11.0. The van der Waals surface area contributed by atoms with Gasteiger partial charge in [-0.15, -0.1) is 0 Å². The molecule has 0 atom stereocenters. The molecule has 0 aromatic heterocycles. The van der Waals surface area contributed by atoms with E-state index in [1.165, 1.54) is 24.7 Å². The molecule has 1 fully saturated rings. The molecule has 1 saturated heterocycles. The van der Waals surface area contributed by atoms with Gasteiger partial charge in [0.25, 0.3) is 0 Å². The van der Waals surface area contributed by atoms with Crippen molar-refractivity contribution < 1.29 is 13.2 Å². The normalized spacial score (nSPS) is 15.8. The number of hydrogen-bond acceptors (Lipinski definition) is 3. The summed E-state index contributed by atoms with van der Waals surface area (Å²) < 4.78 is 25.8. The molecule has 1 aliphatic rings. The maximum absolute atomic E-state index is 12.4. The number of hydrogen-bond donors (Lipinski definition) is 1. The lowest BCUT2D eigenvalue weighted by molar-refractivity contribution is -0.127. The third kappa shape index (κ3) is 5.30. The van der Waals surface area contributed by atoms with Crippen molar-refractivity contribution in [2.75, 3.05) is 20.1 Å². The van der Waals surface area contributed by atoms with E-state index < -0.39 is 10.0 Å². The monoisotopic (exact) mass is 398 g/mol. The van der Waals surface area contributed by atoms with Crippen LogP contribution in [0.5, 0.6) is 0 Å². The van der Waals surface area contributed by atoms with Crippen molar-refractivity contribution in [1.82, 2.24) is 9.62 Å².